The van der Waals surface area contributed by atoms with Crippen molar-refractivity contribution >= 4 is 6.21 Å². The average Bonchev–Trinajstić information content (AvgIpc) is 2.56. The van der Waals surface area contributed by atoms with E-state index in [9.17, 15) is 0 Å². The number of nitrogens with one attached hydrogen (secondary N) is 2. The van der Waals surface area contributed by atoms with Crippen molar-refractivity contribution in [3.63, 3.8) is 0 Å². The molecule has 0 unspecified atom stereocenters. The monoisotopic (exact) mass is 300 g/mol. The molecule has 2 aliphatic rings. The van der Waals surface area contributed by atoms with E-state index in [0.29, 0.717) is 29.2 Å². The first-order valence-electron chi connectivity index (χ1n) is 7.16. The molecule has 0 aromatic heterocycles. The largest absolute Gasteiger partial charge is 0.491 e. The Hall–Kier alpha value is -2.36. The first-order chi connectivity index (χ1) is 10.7. The molecule has 0 aliphatic carbocycles. The third-order valence-corrected chi connectivity index (χ3v) is 3.46. The molecule has 6 heteroatoms. The Kier molecular flexibility index (Phi) is 5.95. The Bertz CT molecular complexity index is 563. The van der Waals surface area contributed by atoms with E-state index < -0.39 is 0 Å². The SMILES string of the molecule is C=C(C=N)C1=CC(OCCN2CCOCC2)=CN/C1=C/C#N. The number of morpholine rings is 1. The Labute approximate surface area is 130 Å². The summed E-state index contributed by atoms with van der Waals surface area (Å²) in [7, 11) is 0. The van der Waals surface area contributed by atoms with E-state index in [1.807, 2.05) is 6.07 Å². The van der Waals surface area contributed by atoms with Crippen LogP contribution in [0, 0.1) is 16.7 Å². The predicted molar refractivity (Wildman–Crippen MR) is 84.1 cm³/mol. The van der Waals surface area contributed by atoms with Crippen LogP contribution in [-0.2, 0) is 9.47 Å². The number of nitriles is 1. The normalized spacial score (nSPS) is 20.4. The van der Waals surface area contributed by atoms with Crippen molar-refractivity contribution in [2.45, 2.75) is 0 Å². The van der Waals surface area contributed by atoms with Crippen molar-refractivity contribution in [2.75, 3.05) is 39.5 Å². The number of rotatable bonds is 6. The molecular weight excluding hydrogens is 280 g/mol. The molecule has 0 amide bonds. The third kappa shape index (κ3) is 4.32. The lowest BCUT2D eigenvalue weighted by molar-refractivity contribution is 0.0280. The maximum atomic E-state index is 8.79. The molecule has 0 saturated carbocycles. The van der Waals surface area contributed by atoms with Crippen LogP contribution in [0.4, 0.5) is 0 Å². The Morgan fingerprint density at radius 1 is 1.55 bits per heavy atom. The van der Waals surface area contributed by atoms with Crippen molar-refractivity contribution in [1.29, 1.82) is 10.7 Å². The second kappa shape index (κ2) is 8.17. The van der Waals surface area contributed by atoms with Crippen LogP contribution < -0.4 is 5.32 Å². The van der Waals surface area contributed by atoms with Gasteiger partial charge in [0, 0.05) is 43.7 Å². The highest BCUT2D eigenvalue weighted by molar-refractivity contribution is 5.84. The van der Waals surface area contributed by atoms with Gasteiger partial charge in [-0.15, -0.1) is 0 Å². The number of nitrogens with zero attached hydrogens (tertiary/aromatic N) is 2. The fourth-order valence-electron chi connectivity index (χ4n) is 2.22. The summed E-state index contributed by atoms with van der Waals surface area (Å²) in [4.78, 5) is 2.29. The fourth-order valence-corrected chi connectivity index (χ4v) is 2.22. The van der Waals surface area contributed by atoms with Crippen molar-refractivity contribution in [1.82, 2.24) is 10.2 Å². The smallest absolute Gasteiger partial charge is 0.136 e. The highest BCUT2D eigenvalue weighted by atomic mass is 16.5. The number of hydrogen-bond donors (Lipinski definition) is 2. The molecule has 0 spiro atoms. The van der Waals surface area contributed by atoms with E-state index in [-0.39, 0.29) is 0 Å². The van der Waals surface area contributed by atoms with Crippen LogP contribution in [0.15, 0.2) is 47.5 Å². The van der Waals surface area contributed by atoms with Gasteiger partial charge >= 0.3 is 0 Å². The summed E-state index contributed by atoms with van der Waals surface area (Å²) in [5.41, 5.74) is 1.84. The lowest BCUT2D eigenvalue weighted by Gasteiger charge is -2.26. The lowest BCUT2D eigenvalue weighted by Crippen LogP contribution is -2.38. The number of dihydropyridines is 1. The average molecular weight is 300 g/mol. The van der Waals surface area contributed by atoms with Gasteiger partial charge in [0.2, 0.25) is 0 Å². The molecule has 0 aromatic carbocycles. The van der Waals surface area contributed by atoms with Gasteiger partial charge in [-0.3, -0.25) is 4.90 Å². The number of hydrogen-bond acceptors (Lipinski definition) is 6. The highest BCUT2D eigenvalue weighted by Gasteiger charge is 2.14. The molecule has 1 saturated heterocycles. The van der Waals surface area contributed by atoms with Crippen LogP contribution in [0.1, 0.15) is 0 Å². The van der Waals surface area contributed by atoms with E-state index in [2.05, 4.69) is 16.8 Å². The van der Waals surface area contributed by atoms with Crippen LogP contribution in [0.3, 0.4) is 0 Å². The van der Waals surface area contributed by atoms with E-state index >= 15 is 0 Å². The Morgan fingerprint density at radius 3 is 3.00 bits per heavy atom. The predicted octanol–water partition coefficient (Wildman–Crippen LogP) is 1.32. The van der Waals surface area contributed by atoms with Gasteiger partial charge in [0.25, 0.3) is 0 Å². The van der Waals surface area contributed by atoms with Gasteiger partial charge in [-0.2, -0.15) is 5.26 Å². The van der Waals surface area contributed by atoms with Crippen molar-refractivity contribution < 1.29 is 9.47 Å². The van der Waals surface area contributed by atoms with Crippen molar-refractivity contribution in [3.8, 4) is 6.07 Å². The summed E-state index contributed by atoms with van der Waals surface area (Å²) in [5, 5.41) is 19.1. The topological polar surface area (TPSA) is 81.4 Å². The fraction of sp³-hybridized carbons (Fsp3) is 0.375. The second-order valence-electron chi connectivity index (χ2n) is 4.91. The van der Waals surface area contributed by atoms with Gasteiger partial charge in [0.05, 0.1) is 25.0 Å². The highest BCUT2D eigenvalue weighted by Crippen LogP contribution is 2.21. The second-order valence-corrected chi connectivity index (χ2v) is 4.91. The molecule has 1 fully saturated rings. The third-order valence-electron chi connectivity index (χ3n) is 3.46. The van der Waals surface area contributed by atoms with Gasteiger partial charge in [-0.05, 0) is 11.6 Å². The van der Waals surface area contributed by atoms with Gasteiger partial charge < -0.3 is 20.2 Å². The zero-order valence-corrected chi connectivity index (χ0v) is 12.5. The number of ether oxygens (including phenoxy) is 2. The number of allylic oxidation sites excluding steroid dienone is 3. The first-order valence-corrected chi connectivity index (χ1v) is 7.16. The zero-order chi connectivity index (χ0) is 15.8. The minimum Gasteiger partial charge on any atom is -0.491 e. The Balaban J connectivity index is 1.92. The van der Waals surface area contributed by atoms with E-state index in [1.165, 1.54) is 6.08 Å². The minimum absolute atomic E-state index is 0.524. The van der Waals surface area contributed by atoms with Crippen LogP contribution in [0.25, 0.3) is 0 Å². The molecular formula is C16H20N4O2. The van der Waals surface area contributed by atoms with Crippen LogP contribution in [0.5, 0.6) is 0 Å². The summed E-state index contributed by atoms with van der Waals surface area (Å²) < 4.78 is 11.1. The maximum absolute atomic E-state index is 8.79. The summed E-state index contributed by atoms with van der Waals surface area (Å²) >= 11 is 0. The molecule has 0 bridgehead atoms. The standard InChI is InChI=1S/C16H20N4O2/c1-13(11-18)15-10-14(12-19-16(15)2-3-17)22-9-6-20-4-7-21-8-5-20/h2,10-12,18-19H,1,4-9H2/b16-2+,18-11?. The van der Waals surface area contributed by atoms with Gasteiger partial charge in [-0.1, -0.05) is 6.58 Å². The summed E-state index contributed by atoms with van der Waals surface area (Å²) in [5.74, 6) is 0.668. The van der Waals surface area contributed by atoms with E-state index in [4.69, 9.17) is 20.1 Å². The van der Waals surface area contributed by atoms with Crippen molar-refractivity contribution in [3.05, 3.63) is 47.5 Å². The van der Waals surface area contributed by atoms with E-state index in [1.54, 1.807) is 12.3 Å². The summed E-state index contributed by atoms with van der Waals surface area (Å²) in [6, 6.07) is 1.98. The summed E-state index contributed by atoms with van der Waals surface area (Å²) in [6.45, 7) is 8.64. The molecule has 0 atom stereocenters. The molecule has 2 aliphatic heterocycles. The molecule has 2 heterocycles. The van der Waals surface area contributed by atoms with E-state index in [0.717, 1.165) is 39.1 Å². The summed E-state index contributed by atoms with van der Waals surface area (Å²) in [6.07, 6.45) is 6.06. The van der Waals surface area contributed by atoms with Gasteiger partial charge in [0.1, 0.15) is 12.4 Å². The molecule has 6 nitrogen and oxygen atoms in total. The van der Waals surface area contributed by atoms with Crippen LogP contribution in [0.2, 0.25) is 0 Å². The quantitative estimate of drug-likeness (QED) is 0.571. The molecule has 2 N–H and O–H groups in total. The first kappa shape index (κ1) is 16.0. The molecule has 0 radical (unpaired) electrons. The lowest BCUT2D eigenvalue weighted by atomic mass is 10.0. The van der Waals surface area contributed by atoms with Gasteiger partial charge in [-0.25, -0.2) is 0 Å². The minimum atomic E-state index is 0.524. The zero-order valence-electron chi connectivity index (χ0n) is 12.5. The molecule has 2 rings (SSSR count). The molecule has 0 aromatic rings. The van der Waals surface area contributed by atoms with Crippen molar-refractivity contribution in [2.24, 2.45) is 0 Å². The Morgan fingerprint density at radius 2 is 2.32 bits per heavy atom. The molecule has 22 heavy (non-hydrogen) atoms. The van der Waals surface area contributed by atoms with Crippen LogP contribution >= 0.6 is 0 Å². The van der Waals surface area contributed by atoms with Crippen LogP contribution in [-0.4, -0.2) is 50.6 Å². The maximum Gasteiger partial charge on any atom is 0.136 e. The van der Waals surface area contributed by atoms with Gasteiger partial charge in [0.15, 0.2) is 0 Å². The molecule has 116 valence electrons.